The molecule has 1 heterocycles. The number of amides is 1. The van der Waals surface area contributed by atoms with Gasteiger partial charge >= 0.3 is 0 Å². The van der Waals surface area contributed by atoms with Crippen molar-refractivity contribution in [2.75, 3.05) is 18.5 Å². The van der Waals surface area contributed by atoms with E-state index in [0.717, 1.165) is 14.3 Å². The first-order chi connectivity index (χ1) is 9.02. The number of hydrogen-bond acceptors (Lipinski definition) is 2. The van der Waals surface area contributed by atoms with Crippen molar-refractivity contribution in [1.29, 1.82) is 0 Å². The second-order valence-corrected chi connectivity index (χ2v) is 6.96. The van der Waals surface area contributed by atoms with Crippen molar-refractivity contribution in [3.63, 3.8) is 0 Å². The highest BCUT2D eigenvalue weighted by atomic mass is 79.9. The topological polar surface area (TPSA) is 29.5 Å². The van der Waals surface area contributed by atoms with Crippen molar-refractivity contribution >= 4 is 53.7 Å². The van der Waals surface area contributed by atoms with Crippen LogP contribution in [-0.4, -0.2) is 41.4 Å². The van der Waals surface area contributed by atoms with E-state index in [1.165, 1.54) is 0 Å². The van der Waals surface area contributed by atoms with Gasteiger partial charge in [-0.25, -0.2) is 0 Å². The lowest BCUT2D eigenvalue weighted by molar-refractivity contribution is -0.0361. The molecule has 6 heteroatoms. The minimum Gasteiger partial charge on any atom is -0.373 e. The van der Waals surface area contributed by atoms with Gasteiger partial charge in [0.15, 0.2) is 0 Å². The van der Waals surface area contributed by atoms with E-state index < -0.39 is 0 Å². The van der Waals surface area contributed by atoms with E-state index in [2.05, 4.69) is 47.8 Å². The van der Waals surface area contributed by atoms with Gasteiger partial charge in [0, 0.05) is 20.8 Å². The van der Waals surface area contributed by atoms with Crippen LogP contribution in [-0.2, 0) is 4.74 Å². The fourth-order valence-electron chi connectivity index (χ4n) is 2.01. The summed E-state index contributed by atoms with van der Waals surface area (Å²) >= 11 is 10.3. The van der Waals surface area contributed by atoms with Crippen molar-refractivity contribution in [3.05, 3.63) is 32.7 Å². The zero-order valence-corrected chi connectivity index (χ0v) is 15.2. The number of alkyl halides is 1. The second-order valence-electron chi connectivity index (χ2n) is 4.54. The van der Waals surface area contributed by atoms with Gasteiger partial charge in [0.1, 0.15) is 0 Å². The predicted molar refractivity (Wildman–Crippen MR) is 85.9 cm³/mol. The molecule has 1 aliphatic heterocycles. The van der Waals surface area contributed by atoms with Crippen LogP contribution in [0.25, 0.3) is 0 Å². The molecule has 0 radical (unpaired) electrons. The maximum Gasteiger partial charge on any atom is 0.255 e. The molecule has 1 aliphatic rings. The van der Waals surface area contributed by atoms with Crippen LogP contribution in [0.2, 0.25) is 0 Å². The van der Waals surface area contributed by atoms with E-state index >= 15 is 0 Å². The van der Waals surface area contributed by atoms with Gasteiger partial charge in [0.2, 0.25) is 0 Å². The molecule has 19 heavy (non-hydrogen) atoms. The average Bonchev–Trinajstić information content (AvgIpc) is 2.41. The quantitative estimate of drug-likeness (QED) is 0.634. The molecule has 0 bridgehead atoms. The molecule has 0 spiro atoms. The van der Waals surface area contributed by atoms with Gasteiger partial charge < -0.3 is 9.64 Å². The van der Waals surface area contributed by atoms with Crippen LogP contribution < -0.4 is 0 Å². The molecular formula is C13H14Br3NO2. The van der Waals surface area contributed by atoms with Crippen LogP contribution in [0.1, 0.15) is 17.3 Å². The average molecular weight is 456 g/mol. The number of carbonyl (C=O) groups excluding carboxylic acids is 1. The molecule has 104 valence electrons. The largest absolute Gasteiger partial charge is 0.373 e. The highest BCUT2D eigenvalue weighted by molar-refractivity contribution is 9.11. The summed E-state index contributed by atoms with van der Waals surface area (Å²) in [5.41, 5.74) is 0.677. The minimum absolute atomic E-state index is 0.0370. The Kier molecular flexibility index (Phi) is 5.45. The van der Waals surface area contributed by atoms with Crippen molar-refractivity contribution in [2.24, 2.45) is 0 Å². The van der Waals surface area contributed by atoms with Crippen LogP contribution in [0.15, 0.2) is 27.1 Å². The SMILES string of the molecule is CC1COC(CBr)CN1C(=O)c1cc(Br)ccc1Br. The van der Waals surface area contributed by atoms with Gasteiger partial charge in [0.05, 0.1) is 24.3 Å². The summed E-state index contributed by atoms with van der Waals surface area (Å²) in [5, 5.41) is 0.739. The number of carbonyl (C=O) groups is 1. The molecule has 0 aromatic heterocycles. The van der Waals surface area contributed by atoms with Gasteiger partial charge in [-0.1, -0.05) is 31.9 Å². The minimum atomic E-state index is 0.0370. The Hall–Kier alpha value is 0.0900. The molecule has 0 saturated carbocycles. The zero-order valence-electron chi connectivity index (χ0n) is 10.4. The van der Waals surface area contributed by atoms with E-state index in [1.54, 1.807) is 0 Å². The van der Waals surface area contributed by atoms with Crippen molar-refractivity contribution in [3.8, 4) is 0 Å². The first-order valence-electron chi connectivity index (χ1n) is 5.96. The summed E-state index contributed by atoms with van der Waals surface area (Å²) in [6, 6.07) is 5.72. The number of nitrogens with zero attached hydrogens (tertiary/aromatic N) is 1. The number of rotatable bonds is 2. The van der Waals surface area contributed by atoms with Crippen LogP contribution >= 0.6 is 47.8 Å². The highest BCUT2D eigenvalue weighted by Gasteiger charge is 2.30. The van der Waals surface area contributed by atoms with Crippen molar-refractivity contribution in [1.82, 2.24) is 4.90 Å². The molecule has 2 unspecified atom stereocenters. The summed E-state index contributed by atoms with van der Waals surface area (Å²) in [7, 11) is 0. The third-order valence-corrected chi connectivity index (χ3v) is 5.00. The number of hydrogen-bond donors (Lipinski definition) is 0. The third kappa shape index (κ3) is 3.60. The molecule has 1 aromatic rings. The summed E-state index contributed by atoms with van der Waals surface area (Å²) in [6.07, 6.45) is 0.0612. The molecule has 0 N–H and O–H groups in total. The Morgan fingerprint density at radius 1 is 1.47 bits per heavy atom. The Morgan fingerprint density at radius 3 is 2.89 bits per heavy atom. The van der Waals surface area contributed by atoms with E-state index in [9.17, 15) is 4.79 Å². The number of ether oxygens (including phenoxy) is 1. The molecule has 1 amide bonds. The van der Waals surface area contributed by atoms with Gasteiger partial charge in [0.25, 0.3) is 5.91 Å². The fourth-order valence-corrected chi connectivity index (χ4v) is 3.18. The molecule has 2 rings (SSSR count). The molecule has 1 fully saturated rings. The molecule has 1 saturated heterocycles. The standard InChI is InChI=1S/C13H14Br3NO2/c1-8-7-19-10(5-14)6-17(8)13(18)11-4-9(15)2-3-12(11)16/h2-4,8,10H,5-7H2,1H3. The summed E-state index contributed by atoms with van der Waals surface area (Å²) < 4.78 is 7.36. The van der Waals surface area contributed by atoms with Crippen molar-refractivity contribution < 1.29 is 9.53 Å². The first-order valence-corrected chi connectivity index (χ1v) is 8.67. The van der Waals surface area contributed by atoms with Crippen LogP contribution in [0.5, 0.6) is 0 Å². The molecule has 0 aliphatic carbocycles. The molecule has 3 nitrogen and oxygen atoms in total. The maximum atomic E-state index is 12.6. The Labute approximate surface area is 138 Å². The van der Waals surface area contributed by atoms with Gasteiger partial charge in [-0.05, 0) is 41.1 Å². The third-order valence-electron chi connectivity index (χ3n) is 3.10. The lowest BCUT2D eigenvalue weighted by atomic mass is 10.1. The highest BCUT2D eigenvalue weighted by Crippen LogP contribution is 2.25. The Bertz CT molecular complexity index is 481. The van der Waals surface area contributed by atoms with Crippen molar-refractivity contribution in [2.45, 2.75) is 19.1 Å². The fraction of sp³-hybridized carbons (Fsp3) is 0.462. The number of morpholine rings is 1. The molecule has 2 atom stereocenters. The summed E-state index contributed by atoms with van der Waals surface area (Å²) in [4.78, 5) is 14.5. The van der Waals surface area contributed by atoms with Crippen LogP contribution in [0.3, 0.4) is 0 Å². The smallest absolute Gasteiger partial charge is 0.255 e. The van der Waals surface area contributed by atoms with E-state index in [0.29, 0.717) is 18.7 Å². The Morgan fingerprint density at radius 2 is 2.21 bits per heavy atom. The monoisotopic (exact) mass is 453 g/mol. The first kappa shape index (κ1) is 15.5. The second kappa shape index (κ2) is 6.70. The normalized spacial score (nSPS) is 23.5. The molecule has 1 aromatic carbocycles. The number of benzene rings is 1. The predicted octanol–water partition coefficient (Wildman–Crippen LogP) is 3.84. The van der Waals surface area contributed by atoms with Crippen LogP contribution in [0, 0.1) is 0 Å². The maximum absolute atomic E-state index is 12.6. The molecular weight excluding hydrogens is 442 g/mol. The lowest BCUT2D eigenvalue weighted by Crippen LogP contribution is -2.51. The van der Waals surface area contributed by atoms with E-state index in [-0.39, 0.29) is 18.1 Å². The van der Waals surface area contributed by atoms with Crippen LogP contribution in [0.4, 0.5) is 0 Å². The van der Waals surface area contributed by atoms with Gasteiger partial charge in [-0.2, -0.15) is 0 Å². The summed E-state index contributed by atoms with van der Waals surface area (Å²) in [6.45, 7) is 3.20. The number of halogens is 3. The lowest BCUT2D eigenvalue weighted by Gasteiger charge is -2.37. The van der Waals surface area contributed by atoms with E-state index in [1.807, 2.05) is 30.0 Å². The Balaban J connectivity index is 2.24. The summed E-state index contributed by atoms with van der Waals surface area (Å²) in [5.74, 6) is 0.0370. The zero-order chi connectivity index (χ0) is 14.0. The van der Waals surface area contributed by atoms with Gasteiger partial charge in [-0.3, -0.25) is 4.79 Å². The van der Waals surface area contributed by atoms with E-state index in [4.69, 9.17) is 4.74 Å². The van der Waals surface area contributed by atoms with Gasteiger partial charge in [-0.15, -0.1) is 0 Å².